The van der Waals surface area contributed by atoms with Crippen LogP contribution in [0.4, 0.5) is 9.80 Å². The van der Waals surface area contributed by atoms with Gasteiger partial charge in [0.25, 0.3) is 11.8 Å². The third kappa shape index (κ3) is 3.72. The molecule has 3 amide bonds. The molecule has 0 saturated heterocycles. The van der Waals surface area contributed by atoms with Gasteiger partial charge in [0.2, 0.25) is 0 Å². The zero-order chi connectivity index (χ0) is 18.7. The number of ether oxygens (including phenoxy) is 1. The number of benzene rings is 1. The molecule has 2 heterocycles. The van der Waals surface area contributed by atoms with Gasteiger partial charge in [0.1, 0.15) is 9.88 Å². The maximum absolute atomic E-state index is 12.6. The van der Waals surface area contributed by atoms with Gasteiger partial charge in [-0.2, -0.15) is 0 Å². The molecule has 3 aromatic rings. The minimum absolute atomic E-state index is 0.150. The van der Waals surface area contributed by atoms with Gasteiger partial charge in [0.15, 0.2) is 0 Å². The number of nitrogens with one attached hydrogen (secondary N) is 2. The standard InChI is InChI=1S/C17H13ClN2O4S2/c1-2-24-17(23)20-14(21)10-7-8-25-16(10)19-15(22)13-12(18)9-5-3-4-6-11(9)26-13/h3-8H,2H2,1H3,(H,19,22)(H,20,21,23). The lowest BCUT2D eigenvalue weighted by Gasteiger charge is -2.06. The molecule has 0 aliphatic carbocycles. The molecule has 0 bridgehead atoms. The van der Waals surface area contributed by atoms with Crippen molar-refractivity contribution in [2.24, 2.45) is 0 Å². The highest BCUT2D eigenvalue weighted by Crippen LogP contribution is 2.36. The van der Waals surface area contributed by atoms with Gasteiger partial charge in [-0.25, -0.2) is 4.79 Å². The summed E-state index contributed by atoms with van der Waals surface area (Å²) in [4.78, 5) is 36.5. The molecule has 134 valence electrons. The molecule has 0 aliphatic heterocycles. The van der Waals surface area contributed by atoms with Crippen molar-refractivity contribution in [3.63, 3.8) is 0 Å². The summed E-state index contributed by atoms with van der Waals surface area (Å²) in [7, 11) is 0. The molecule has 0 fully saturated rings. The fourth-order valence-electron chi connectivity index (χ4n) is 2.23. The van der Waals surface area contributed by atoms with E-state index in [2.05, 4.69) is 15.4 Å². The Morgan fingerprint density at radius 1 is 1.15 bits per heavy atom. The third-order valence-electron chi connectivity index (χ3n) is 3.37. The van der Waals surface area contributed by atoms with Crippen LogP contribution in [0.3, 0.4) is 0 Å². The molecular weight excluding hydrogens is 396 g/mol. The van der Waals surface area contributed by atoms with Crippen LogP contribution in [-0.2, 0) is 4.74 Å². The number of anilines is 1. The smallest absolute Gasteiger partial charge is 0.414 e. The van der Waals surface area contributed by atoms with Gasteiger partial charge in [-0.05, 0) is 24.4 Å². The van der Waals surface area contributed by atoms with Gasteiger partial charge in [-0.1, -0.05) is 29.8 Å². The lowest BCUT2D eigenvalue weighted by atomic mass is 10.2. The fraction of sp³-hybridized carbons (Fsp3) is 0.118. The summed E-state index contributed by atoms with van der Waals surface area (Å²) in [6.07, 6.45) is -0.839. The Hall–Kier alpha value is -2.42. The van der Waals surface area contributed by atoms with Gasteiger partial charge in [-0.3, -0.25) is 14.9 Å². The first-order valence-electron chi connectivity index (χ1n) is 7.55. The molecule has 0 unspecified atom stereocenters. The summed E-state index contributed by atoms with van der Waals surface area (Å²) in [5.41, 5.74) is 0.175. The van der Waals surface area contributed by atoms with Crippen molar-refractivity contribution in [1.82, 2.24) is 5.32 Å². The Balaban J connectivity index is 1.80. The normalized spacial score (nSPS) is 10.5. The number of alkyl carbamates (subject to hydrolysis) is 1. The second-order valence-electron chi connectivity index (χ2n) is 5.03. The number of fused-ring (bicyclic) bond motifs is 1. The van der Waals surface area contributed by atoms with E-state index in [1.165, 1.54) is 28.7 Å². The second kappa shape index (κ2) is 7.86. The van der Waals surface area contributed by atoms with Gasteiger partial charge >= 0.3 is 6.09 Å². The quantitative estimate of drug-likeness (QED) is 0.652. The Bertz CT molecular complexity index is 996. The van der Waals surface area contributed by atoms with Crippen LogP contribution < -0.4 is 10.6 Å². The molecule has 2 aromatic heterocycles. The van der Waals surface area contributed by atoms with Crippen molar-refractivity contribution in [1.29, 1.82) is 0 Å². The Morgan fingerprint density at radius 2 is 1.92 bits per heavy atom. The van der Waals surface area contributed by atoms with E-state index in [-0.39, 0.29) is 12.2 Å². The molecule has 26 heavy (non-hydrogen) atoms. The van der Waals surface area contributed by atoms with E-state index in [1.807, 2.05) is 24.3 Å². The first kappa shape index (κ1) is 18.4. The predicted octanol–water partition coefficient (Wildman–Crippen LogP) is 4.75. The monoisotopic (exact) mass is 408 g/mol. The third-order valence-corrected chi connectivity index (χ3v) is 5.87. The maximum Gasteiger partial charge on any atom is 0.414 e. The van der Waals surface area contributed by atoms with E-state index in [1.54, 1.807) is 12.3 Å². The van der Waals surface area contributed by atoms with Crippen LogP contribution in [0.15, 0.2) is 35.7 Å². The largest absolute Gasteiger partial charge is 0.450 e. The summed E-state index contributed by atoms with van der Waals surface area (Å²) in [5.74, 6) is -1.06. The Kier molecular flexibility index (Phi) is 5.55. The number of amides is 3. The molecule has 0 radical (unpaired) electrons. The molecule has 1 aromatic carbocycles. The lowest BCUT2D eigenvalue weighted by molar-refractivity contribution is 0.0926. The molecule has 0 atom stereocenters. The van der Waals surface area contributed by atoms with Crippen molar-refractivity contribution in [2.75, 3.05) is 11.9 Å². The van der Waals surface area contributed by atoms with Crippen molar-refractivity contribution in [2.45, 2.75) is 6.92 Å². The van der Waals surface area contributed by atoms with Crippen LogP contribution in [-0.4, -0.2) is 24.5 Å². The summed E-state index contributed by atoms with van der Waals surface area (Å²) < 4.78 is 5.58. The van der Waals surface area contributed by atoms with Crippen LogP contribution in [0.5, 0.6) is 0 Å². The van der Waals surface area contributed by atoms with E-state index in [4.69, 9.17) is 11.6 Å². The SMILES string of the molecule is CCOC(=O)NC(=O)c1ccsc1NC(=O)c1sc2ccccc2c1Cl. The molecule has 6 nitrogen and oxygen atoms in total. The van der Waals surface area contributed by atoms with Gasteiger partial charge < -0.3 is 10.1 Å². The first-order valence-corrected chi connectivity index (χ1v) is 9.62. The summed E-state index contributed by atoms with van der Waals surface area (Å²) in [5, 5.41) is 7.93. The summed E-state index contributed by atoms with van der Waals surface area (Å²) in [6.45, 7) is 1.78. The number of imide groups is 1. The number of halogens is 1. The first-order chi connectivity index (χ1) is 12.5. The van der Waals surface area contributed by atoms with Crippen molar-refractivity contribution in [3.05, 3.63) is 51.2 Å². The average molecular weight is 409 g/mol. The van der Waals surface area contributed by atoms with Gasteiger partial charge in [0.05, 0.1) is 17.2 Å². The molecule has 2 N–H and O–H groups in total. The summed E-state index contributed by atoms with van der Waals surface area (Å²) >= 11 is 8.75. The van der Waals surface area contributed by atoms with Crippen LogP contribution in [0.2, 0.25) is 5.02 Å². The number of carbonyl (C=O) groups is 3. The molecule has 0 aliphatic rings. The van der Waals surface area contributed by atoms with E-state index in [0.29, 0.717) is 14.9 Å². The Labute approximate surface area is 161 Å². The van der Waals surface area contributed by atoms with Crippen LogP contribution in [0.1, 0.15) is 27.0 Å². The average Bonchev–Trinajstić information content (AvgIpc) is 3.20. The number of rotatable bonds is 4. The predicted molar refractivity (Wildman–Crippen MR) is 104 cm³/mol. The molecule has 9 heteroatoms. The van der Waals surface area contributed by atoms with Gasteiger partial charge in [0, 0.05) is 10.1 Å². The van der Waals surface area contributed by atoms with Crippen LogP contribution in [0, 0.1) is 0 Å². The molecule has 0 spiro atoms. The number of thiophene rings is 2. The minimum atomic E-state index is -0.839. The molecule has 0 saturated carbocycles. The summed E-state index contributed by atoms with van der Waals surface area (Å²) in [6, 6.07) is 8.95. The van der Waals surface area contributed by atoms with Gasteiger partial charge in [-0.15, -0.1) is 22.7 Å². The van der Waals surface area contributed by atoms with E-state index >= 15 is 0 Å². The van der Waals surface area contributed by atoms with E-state index in [0.717, 1.165) is 10.1 Å². The zero-order valence-electron chi connectivity index (χ0n) is 13.5. The second-order valence-corrected chi connectivity index (χ2v) is 7.38. The highest BCUT2D eigenvalue weighted by Gasteiger charge is 2.21. The van der Waals surface area contributed by atoms with Crippen LogP contribution in [0.25, 0.3) is 10.1 Å². The highest BCUT2D eigenvalue weighted by molar-refractivity contribution is 7.22. The minimum Gasteiger partial charge on any atom is -0.450 e. The highest BCUT2D eigenvalue weighted by atomic mass is 35.5. The van der Waals surface area contributed by atoms with E-state index in [9.17, 15) is 14.4 Å². The molecular formula is C17H13ClN2O4S2. The Morgan fingerprint density at radius 3 is 2.65 bits per heavy atom. The van der Waals surface area contributed by atoms with E-state index < -0.39 is 17.9 Å². The van der Waals surface area contributed by atoms with Crippen LogP contribution >= 0.6 is 34.3 Å². The lowest BCUT2D eigenvalue weighted by Crippen LogP contribution is -2.31. The van der Waals surface area contributed by atoms with Crippen molar-refractivity contribution >= 4 is 67.3 Å². The number of carbonyl (C=O) groups excluding carboxylic acids is 3. The number of hydrogen-bond donors (Lipinski definition) is 2. The molecule has 3 rings (SSSR count). The fourth-order valence-corrected chi connectivity index (χ4v) is 4.42. The topological polar surface area (TPSA) is 84.5 Å². The van der Waals surface area contributed by atoms with Crippen molar-refractivity contribution in [3.8, 4) is 0 Å². The maximum atomic E-state index is 12.6. The number of hydrogen-bond acceptors (Lipinski definition) is 6. The zero-order valence-corrected chi connectivity index (χ0v) is 15.9. The van der Waals surface area contributed by atoms with Crippen molar-refractivity contribution < 1.29 is 19.1 Å².